The van der Waals surface area contributed by atoms with E-state index in [1.165, 1.54) is 35.4 Å². The van der Waals surface area contributed by atoms with Gasteiger partial charge in [0, 0.05) is 24.5 Å². The van der Waals surface area contributed by atoms with E-state index in [1.54, 1.807) is 6.07 Å². The lowest BCUT2D eigenvalue weighted by atomic mass is 9.81. The van der Waals surface area contributed by atoms with Gasteiger partial charge in [0.25, 0.3) is 0 Å². The Morgan fingerprint density at radius 1 is 1.06 bits per heavy atom. The van der Waals surface area contributed by atoms with Crippen LogP contribution in [0.25, 0.3) is 0 Å². The number of ether oxygens (including phenoxy) is 1. The summed E-state index contributed by atoms with van der Waals surface area (Å²) < 4.78 is 46.4. The Labute approximate surface area is 184 Å². The number of benzene rings is 2. The molecule has 4 rings (SSSR count). The minimum Gasteiger partial charge on any atom is -0.493 e. The molecule has 8 heteroatoms. The lowest BCUT2D eigenvalue weighted by Gasteiger charge is -2.32. The standard InChI is InChI=1S/C24H23F3N2O3/c25-19-9-17(10-20(26)12-19)23-7-8-32-29(23)24(30)16-3-1-15(2-4-16)14-31-21-5-6-22(27)18(11-21)13-28/h5-6,9-12,15-16,23H,1-4,7-8,14H2/t15-,16-,23-/m0/s1. The zero-order valence-corrected chi connectivity index (χ0v) is 17.4. The lowest BCUT2D eigenvalue weighted by Crippen LogP contribution is -2.37. The maximum Gasteiger partial charge on any atom is 0.249 e. The molecule has 1 saturated carbocycles. The van der Waals surface area contributed by atoms with Gasteiger partial charge in [0.15, 0.2) is 0 Å². The van der Waals surface area contributed by atoms with Crippen LogP contribution in [0.4, 0.5) is 13.2 Å². The van der Waals surface area contributed by atoms with Gasteiger partial charge in [0.05, 0.1) is 24.8 Å². The summed E-state index contributed by atoms with van der Waals surface area (Å²) in [5.41, 5.74) is 0.335. The normalized spacial score (nSPS) is 23.1. The quantitative estimate of drug-likeness (QED) is 0.646. The first-order valence-corrected chi connectivity index (χ1v) is 10.7. The van der Waals surface area contributed by atoms with E-state index in [0.717, 1.165) is 18.9 Å². The van der Waals surface area contributed by atoms with Crippen molar-refractivity contribution in [1.29, 1.82) is 5.26 Å². The number of hydrogen-bond acceptors (Lipinski definition) is 4. The molecule has 1 aliphatic heterocycles. The predicted octanol–water partition coefficient (Wildman–Crippen LogP) is 5.07. The van der Waals surface area contributed by atoms with Crippen molar-refractivity contribution in [2.24, 2.45) is 11.8 Å². The van der Waals surface area contributed by atoms with Crippen LogP contribution in [0.3, 0.4) is 0 Å². The average molecular weight is 444 g/mol. The molecule has 0 radical (unpaired) electrons. The van der Waals surface area contributed by atoms with Crippen molar-refractivity contribution in [1.82, 2.24) is 5.06 Å². The van der Waals surface area contributed by atoms with Crippen molar-refractivity contribution in [2.75, 3.05) is 13.2 Å². The van der Waals surface area contributed by atoms with Crippen molar-refractivity contribution in [3.63, 3.8) is 0 Å². The molecule has 0 aromatic heterocycles. The molecule has 0 spiro atoms. The van der Waals surface area contributed by atoms with E-state index in [9.17, 15) is 18.0 Å². The van der Waals surface area contributed by atoms with E-state index in [0.29, 0.717) is 43.8 Å². The van der Waals surface area contributed by atoms with Crippen molar-refractivity contribution in [3.05, 3.63) is 65.0 Å². The van der Waals surface area contributed by atoms with Crippen molar-refractivity contribution >= 4 is 5.91 Å². The van der Waals surface area contributed by atoms with E-state index in [4.69, 9.17) is 14.8 Å². The first kappa shape index (κ1) is 22.2. The van der Waals surface area contributed by atoms with E-state index < -0.39 is 23.5 Å². The van der Waals surface area contributed by atoms with Crippen LogP contribution in [0, 0.1) is 40.6 Å². The Morgan fingerprint density at radius 2 is 1.78 bits per heavy atom. The third-order valence-corrected chi connectivity index (χ3v) is 6.13. The number of amides is 1. The molecule has 1 amide bonds. The third kappa shape index (κ3) is 4.89. The minimum atomic E-state index is -0.678. The Kier molecular flexibility index (Phi) is 6.66. The molecule has 168 valence electrons. The third-order valence-electron chi connectivity index (χ3n) is 6.13. The Morgan fingerprint density at radius 3 is 2.47 bits per heavy atom. The molecule has 32 heavy (non-hydrogen) atoms. The molecule has 0 N–H and O–H groups in total. The molecule has 1 aliphatic carbocycles. The smallest absolute Gasteiger partial charge is 0.249 e. The monoisotopic (exact) mass is 444 g/mol. The average Bonchev–Trinajstić information content (AvgIpc) is 3.28. The van der Waals surface area contributed by atoms with Gasteiger partial charge in [-0.15, -0.1) is 0 Å². The van der Waals surface area contributed by atoms with Crippen LogP contribution in [0.15, 0.2) is 36.4 Å². The maximum absolute atomic E-state index is 13.6. The van der Waals surface area contributed by atoms with E-state index >= 15 is 0 Å². The van der Waals surface area contributed by atoms with E-state index in [2.05, 4.69) is 0 Å². The predicted molar refractivity (Wildman–Crippen MR) is 109 cm³/mol. The van der Waals surface area contributed by atoms with Crippen molar-refractivity contribution in [2.45, 2.75) is 38.1 Å². The zero-order valence-electron chi connectivity index (χ0n) is 17.4. The summed E-state index contributed by atoms with van der Waals surface area (Å²) in [6.45, 7) is 0.739. The number of hydrogen-bond donors (Lipinski definition) is 0. The summed E-state index contributed by atoms with van der Waals surface area (Å²) in [6.07, 6.45) is 3.35. The summed E-state index contributed by atoms with van der Waals surface area (Å²) in [6, 6.07) is 8.66. The highest BCUT2D eigenvalue weighted by atomic mass is 19.1. The molecular weight excluding hydrogens is 421 g/mol. The lowest BCUT2D eigenvalue weighted by molar-refractivity contribution is -0.183. The number of rotatable bonds is 5. The van der Waals surface area contributed by atoms with Gasteiger partial charge in [0.2, 0.25) is 5.91 Å². The fraction of sp³-hybridized carbons (Fsp3) is 0.417. The first-order valence-electron chi connectivity index (χ1n) is 10.7. The van der Waals surface area contributed by atoms with Gasteiger partial charge in [-0.3, -0.25) is 9.63 Å². The van der Waals surface area contributed by atoms with Crippen LogP contribution < -0.4 is 4.74 Å². The van der Waals surface area contributed by atoms with Gasteiger partial charge in [-0.2, -0.15) is 5.26 Å². The summed E-state index contributed by atoms with van der Waals surface area (Å²) in [5.74, 6) is -1.64. The van der Waals surface area contributed by atoms with Gasteiger partial charge in [0.1, 0.15) is 29.3 Å². The van der Waals surface area contributed by atoms with Crippen molar-refractivity contribution < 1.29 is 27.5 Å². The van der Waals surface area contributed by atoms with Crippen LogP contribution in [0.5, 0.6) is 5.75 Å². The number of halogens is 3. The Bertz CT molecular complexity index is 1010. The topological polar surface area (TPSA) is 62.6 Å². The summed E-state index contributed by atoms with van der Waals surface area (Å²) in [5, 5.41) is 10.2. The molecule has 0 bridgehead atoms. The molecule has 0 unspecified atom stereocenters. The number of carbonyl (C=O) groups is 1. The molecule has 1 saturated heterocycles. The van der Waals surface area contributed by atoms with Crippen LogP contribution >= 0.6 is 0 Å². The number of nitrogens with zero attached hydrogens (tertiary/aromatic N) is 2. The summed E-state index contributed by atoms with van der Waals surface area (Å²) in [4.78, 5) is 18.6. The van der Waals surface area contributed by atoms with Crippen LogP contribution in [-0.2, 0) is 9.63 Å². The van der Waals surface area contributed by atoms with Crippen LogP contribution in [-0.4, -0.2) is 24.2 Å². The van der Waals surface area contributed by atoms with Gasteiger partial charge in [-0.1, -0.05) is 0 Å². The highest BCUT2D eigenvalue weighted by molar-refractivity contribution is 5.78. The van der Waals surface area contributed by atoms with Gasteiger partial charge < -0.3 is 4.74 Å². The zero-order chi connectivity index (χ0) is 22.7. The molecule has 1 heterocycles. The summed E-state index contributed by atoms with van der Waals surface area (Å²) in [7, 11) is 0. The van der Waals surface area contributed by atoms with Gasteiger partial charge in [-0.25, -0.2) is 18.2 Å². The SMILES string of the molecule is N#Cc1cc(OC[C@H]2CC[C@H](C(=O)N3OCC[C@H]3c3cc(F)cc(F)c3)CC2)ccc1F. The second-order valence-electron chi connectivity index (χ2n) is 8.29. The molecular formula is C24H23F3N2O3. The second-order valence-corrected chi connectivity index (χ2v) is 8.29. The maximum atomic E-state index is 13.6. The number of hydroxylamine groups is 2. The molecule has 1 atom stereocenters. The summed E-state index contributed by atoms with van der Waals surface area (Å²) >= 11 is 0. The second kappa shape index (κ2) is 9.61. The molecule has 5 nitrogen and oxygen atoms in total. The van der Waals surface area contributed by atoms with Crippen molar-refractivity contribution in [3.8, 4) is 11.8 Å². The van der Waals surface area contributed by atoms with Gasteiger partial charge in [-0.05, 0) is 61.4 Å². The first-order chi connectivity index (χ1) is 15.4. The molecule has 2 aromatic rings. The fourth-order valence-corrected chi connectivity index (χ4v) is 4.41. The molecule has 2 fully saturated rings. The van der Waals surface area contributed by atoms with E-state index in [-0.39, 0.29) is 23.3 Å². The molecule has 2 aromatic carbocycles. The minimum absolute atomic E-state index is 0.0600. The highest BCUT2D eigenvalue weighted by Crippen LogP contribution is 2.36. The molecule has 2 aliphatic rings. The Hall–Kier alpha value is -3.05. The fourth-order valence-electron chi connectivity index (χ4n) is 4.41. The van der Waals surface area contributed by atoms with Crippen LogP contribution in [0.2, 0.25) is 0 Å². The largest absolute Gasteiger partial charge is 0.493 e. The van der Waals surface area contributed by atoms with E-state index in [1.807, 2.05) is 0 Å². The Balaban J connectivity index is 1.32. The van der Waals surface area contributed by atoms with Crippen LogP contribution in [0.1, 0.15) is 49.3 Å². The number of nitriles is 1. The van der Waals surface area contributed by atoms with Gasteiger partial charge >= 0.3 is 0 Å². The highest BCUT2D eigenvalue weighted by Gasteiger charge is 2.37. The number of carbonyl (C=O) groups excluding carboxylic acids is 1.